The van der Waals surface area contributed by atoms with E-state index in [9.17, 15) is 4.79 Å². The van der Waals surface area contributed by atoms with Gasteiger partial charge in [-0.15, -0.1) is 0 Å². The molecule has 54 valence electrons. The molecule has 0 amide bonds. The Morgan fingerprint density at radius 1 is 1.70 bits per heavy atom. The number of aromatic amines is 2. The van der Waals surface area contributed by atoms with Crippen molar-refractivity contribution < 1.29 is 0 Å². The van der Waals surface area contributed by atoms with Crippen LogP contribution >= 0.6 is 0 Å². The molecule has 10 heavy (non-hydrogen) atoms. The number of hydrogen-bond donors (Lipinski definition) is 3. The van der Waals surface area contributed by atoms with Gasteiger partial charge in [0, 0.05) is 0 Å². The van der Waals surface area contributed by atoms with Crippen LogP contribution in [0.15, 0.2) is 11.0 Å². The predicted molar refractivity (Wildman–Crippen MR) is 40.0 cm³/mol. The van der Waals surface area contributed by atoms with Crippen LogP contribution in [0, 0.1) is 4.32 Å². The minimum atomic E-state index is -0.130. The van der Waals surface area contributed by atoms with Crippen molar-refractivity contribution in [3.8, 4) is 0 Å². The Bertz CT molecular complexity index is 326. The topological polar surface area (TPSA) is 60.7 Å². The van der Waals surface area contributed by atoms with Crippen LogP contribution in [0.25, 0.3) is 0 Å². The summed E-state index contributed by atoms with van der Waals surface area (Å²) in [6, 6.07) is 0. The molecule has 3 N–H and O–H groups in total. The van der Waals surface area contributed by atoms with Gasteiger partial charge in [0.25, 0.3) is 0 Å². The van der Waals surface area contributed by atoms with Crippen molar-refractivity contribution in [1.82, 2.24) is 9.97 Å². The van der Waals surface area contributed by atoms with E-state index >= 15 is 0 Å². The van der Waals surface area contributed by atoms with Crippen LogP contribution in [0.4, 0.5) is 5.69 Å². The molecule has 0 aliphatic heterocycles. The summed E-state index contributed by atoms with van der Waals surface area (Å²) in [6.45, 7) is 0. The molecule has 4 nitrogen and oxygen atoms in total. The minimum absolute atomic E-state index is 0.130. The first-order valence-electron chi connectivity index (χ1n) is 2.74. The SMILES string of the molecule is CNc1c[nH]c(=[Se])[nH]c1=O. The fourth-order valence-electron chi connectivity index (χ4n) is 0.595. The van der Waals surface area contributed by atoms with Crippen molar-refractivity contribution in [3.05, 3.63) is 20.9 Å². The molecular weight excluding hydrogens is 197 g/mol. The number of H-pyrrole nitrogens is 2. The van der Waals surface area contributed by atoms with Crippen molar-refractivity contribution in [3.63, 3.8) is 0 Å². The average molecular weight is 204 g/mol. The summed E-state index contributed by atoms with van der Waals surface area (Å²) in [5, 5.41) is 2.73. The second-order valence-corrected chi connectivity index (χ2v) is 2.59. The van der Waals surface area contributed by atoms with E-state index in [1.54, 1.807) is 13.2 Å². The number of nitrogens with one attached hydrogen (secondary N) is 3. The maximum atomic E-state index is 10.9. The number of anilines is 1. The second-order valence-electron chi connectivity index (χ2n) is 1.74. The van der Waals surface area contributed by atoms with Crippen LogP contribution in [0.1, 0.15) is 0 Å². The van der Waals surface area contributed by atoms with E-state index in [-0.39, 0.29) is 5.56 Å². The van der Waals surface area contributed by atoms with Gasteiger partial charge in [-0.3, -0.25) is 0 Å². The van der Waals surface area contributed by atoms with Crippen molar-refractivity contribution >= 4 is 21.3 Å². The van der Waals surface area contributed by atoms with Crippen molar-refractivity contribution in [1.29, 1.82) is 0 Å². The number of hydrogen-bond acceptors (Lipinski definition) is 2. The molecule has 0 saturated carbocycles. The second kappa shape index (κ2) is 2.86. The van der Waals surface area contributed by atoms with Gasteiger partial charge in [-0.05, 0) is 0 Å². The normalized spacial score (nSPS) is 9.30. The van der Waals surface area contributed by atoms with Crippen LogP contribution in [0.5, 0.6) is 0 Å². The van der Waals surface area contributed by atoms with E-state index in [4.69, 9.17) is 0 Å². The molecule has 1 rings (SSSR count). The predicted octanol–water partition coefficient (Wildman–Crippen LogP) is -0.555. The third kappa shape index (κ3) is 1.37. The monoisotopic (exact) mass is 205 g/mol. The molecular formula is C5H7N3OSe. The van der Waals surface area contributed by atoms with Crippen LogP contribution < -0.4 is 10.9 Å². The van der Waals surface area contributed by atoms with Gasteiger partial charge in [-0.2, -0.15) is 0 Å². The molecule has 0 fully saturated rings. The molecule has 0 aliphatic carbocycles. The molecule has 1 aromatic rings. The first-order valence-corrected chi connectivity index (χ1v) is 3.59. The number of rotatable bonds is 1. The van der Waals surface area contributed by atoms with Gasteiger partial charge in [0.1, 0.15) is 0 Å². The Hall–Kier alpha value is -0.801. The molecule has 0 unspecified atom stereocenters. The Morgan fingerprint density at radius 3 is 2.90 bits per heavy atom. The van der Waals surface area contributed by atoms with Crippen molar-refractivity contribution in [2.45, 2.75) is 0 Å². The van der Waals surface area contributed by atoms with Gasteiger partial charge < -0.3 is 0 Å². The molecule has 0 radical (unpaired) electrons. The first-order chi connectivity index (χ1) is 4.74. The molecule has 0 aromatic carbocycles. The van der Waals surface area contributed by atoms with Crippen LogP contribution in [-0.2, 0) is 0 Å². The zero-order valence-corrected chi connectivity index (χ0v) is 7.11. The van der Waals surface area contributed by atoms with Crippen LogP contribution in [-0.4, -0.2) is 32.6 Å². The summed E-state index contributed by atoms with van der Waals surface area (Å²) in [5.41, 5.74) is 0.397. The van der Waals surface area contributed by atoms with E-state index in [0.29, 0.717) is 10.0 Å². The van der Waals surface area contributed by atoms with Gasteiger partial charge in [0.15, 0.2) is 0 Å². The molecule has 5 heteroatoms. The van der Waals surface area contributed by atoms with E-state index < -0.39 is 0 Å². The Morgan fingerprint density at radius 2 is 2.40 bits per heavy atom. The summed E-state index contributed by atoms with van der Waals surface area (Å²) in [4.78, 5) is 16.3. The first kappa shape index (κ1) is 7.31. The zero-order valence-electron chi connectivity index (χ0n) is 5.39. The third-order valence-corrected chi connectivity index (χ3v) is 1.55. The summed E-state index contributed by atoms with van der Waals surface area (Å²) in [7, 11) is 1.69. The zero-order chi connectivity index (χ0) is 7.56. The van der Waals surface area contributed by atoms with Crippen LogP contribution in [0.2, 0.25) is 0 Å². The van der Waals surface area contributed by atoms with Crippen molar-refractivity contribution in [2.75, 3.05) is 12.4 Å². The van der Waals surface area contributed by atoms with Gasteiger partial charge in [0.2, 0.25) is 0 Å². The quantitative estimate of drug-likeness (QED) is 0.537. The molecule has 0 spiro atoms. The maximum absolute atomic E-state index is 10.9. The number of aromatic nitrogens is 2. The molecule has 0 saturated heterocycles. The third-order valence-electron chi connectivity index (χ3n) is 1.09. The Kier molecular flexibility index (Phi) is 2.09. The summed E-state index contributed by atoms with van der Waals surface area (Å²) < 4.78 is 0.629. The van der Waals surface area contributed by atoms with E-state index in [0.717, 1.165) is 0 Å². The van der Waals surface area contributed by atoms with E-state index in [1.165, 1.54) is 0 Å². The molecule has 0 atom stereocenters. The van der Waals surface area contributed by atoms with E-state index in [2.05, 4.69) is 30.9 Å². The Balaban J connectivity index is 3.34. The summed E-state index contributed by atoms with van der Waals surface area (Å²) in [5.74, 6) is 0. The van der Waals surface area contributed by atoms with Crippen molar-refractivity contribution in [2.24, 2.45) is 0 Å². The summed E-state index contributed by atoms with van der Waals surface area (Å²) in [6.07, 6.45) is 1.60. The van der Waals surface area contributed by atoms with Gasteiger partial charge >= 0.3 is 64.5 Å². The molecule has 1 heterocycles. The van der Waals surface area contributed by atoms with Gasteiger partial charge in [-0.25, -0.2) is 0 Å². The van der Waals surface area contributed by atoms with Crippen LogP contribution in [0.3, 0.4) is 0 Å². The fourth-order valence-corrected chi connectivity index (χ4v) is 0.914. The van der Waals surface area contributed by atoms with E-state index in [1.807, 2.05) is 0 Å². The Labute approximate surface area is 65.0 Å². The van der Waals surface area contributed by atoms with Gasteiger partial charge in [-0.1, -0.05) is 0 Å². The molecule has 0 bridgehead atoms. The molecule has 1 aromatic heterocycles. The van der Waals surface area contributed by atoms with Gasteiger partial charge in [0.05, 0.1) is 0 Å². The fraction of sp³-hybridized carbons (Fsp3) is 0.200. The average Bonchev–Trinajstić information content (AvgIpc) is 1.88. The molecule has 0 aliphatic rings. The summed E-state index contributed by atoms with van der Waals surface area (Å²) >= 11 is 2.66. The standard InChI is InChI=1S/C5H7N3OSe/c1-6-3-2-7-5(10)8-4(3)9/h2,6H,1H3,(H2,7,8,9,10).